The third-order valence-electron chi connectivity index (χ3n) is 5.48. The highest BCUT2D eigenvalue weighted by molar-refractivity contribution is 7.89. The standard InChI is InChI=1S/C23H25N3O10S/c1-14-4-5-18(13-20(14)37(32,33)25-6-8-35-9-7-25)24-21(27)15(2)36-23(29)17-10-16(22(28)34-3)11-19(12-17)26(30)31/h4-5,10-13,15H,6-9H2,1-3H3,(H,24,27). The zero-order valence-electron chi connectivity index (χ0n) is 20.3. The van der Waals surface area contributed by atoms with Crippen molar-refractivity contribution in [1.82, 2.24) is 4.31 Å². The highest BCUT2D eigenvalue weighted by Gasteiger charge is 2.29. The molecule has 2 aromatic carbocycles. The van der Waals surface area contributed by atoms with E-state index in [1.54, 1.807) is 6.92 Å². The number of anilines is 1. The number of hydrogen-bond acceptors (Lipinski definition) is 10. The summed E-state index contributed by atoms with van der Waals surface area (Å²) in [4.78, 5) is 47.5. The van der Waals surface area contributed by atoms with Crippen LogP contribution in [0.2, 0.25) is 0 Å². The minimum atomic E-state index is -3.83. The largest absolute Gasteiger partial charge is 0.465 e. The van der Waals surface area contributed by atoms with Crippen LogP contribution >= 0.6 is 0 Å². The number of nitrogens with one attached hydrogen (secondary N) is 1. The number of morpholine rings is 1. The SMILES string of the molecule is COC(=O)c1cc(C(=O)OC(C)C(=O)Nc2ccc(C)c(S(=O)(=O)N3CCOCC3)c2)cc([N+](=O)[O-])c1. The van der Waals surface area contributed by atoms with Crippen LogP contribution in [0.4, 0.5) is 11.4 Å². The minimum Gasteiger partial charge on any atom is -0.465 e. The normalized spacial score (nSPS) is 14.9. The summed E-state index contributed by atoms with van der Waals surface area (Å²) in [5.41, 5.74) is -0.469. The van der Waals surface area contributed by atoms with Gasteiger partial charge in [-0.3, -0.25) is 14.9 Å². The number of amides is 1. The van der Waals surface area contributed by atoms with E-state index in [1.165, 1.54) is 29.4 Å². The van der Waals surface area contributed by atoms with Gasteiger partial charge in [0.15, 0.2) is 6.10 Å². The number of nitro groups is 1. The molecule has 37 heavy (non-hydrogen) atoms. The van der Waals surface area contributed by atoms with Crippen molar-refractivity contribution in [1.29, 1.82) is 0 Å². The number of rotatable bonds is 8. The summed E-state index contributed by atoms with van der Waals surface area (Å²) in [5.74, 6) is -2.76. The number of sulfonamides is 1. The summed E-state index contributed by atoms with van der Waals surface area (Å²) < 4.78 is 42.3. The Morgan fingerprint density at radius 1 is 1.08 bits per heavy atom. The zero-order valence-corrected chi connectivity index (χ0v) is 21.1. The molecule has 1 heterocycles. The number of esters is 2. The number of carbonyl (C=O) groups is 3. The van der Waals surface area contributed by atoms with Gasteiger partial charge in [0.1, 0.15) is 0 Å². The van der Waals surface area contributed by atoms with E-state index in [2.05, 4.69) is 10.1 Å². The molecule has 1 aliphatic rings. The topological polar surface area (TPSA) is 171 Å². The monoisotopic (exact) mass is 535 g/mol. The minimum absolute atomic E-state index is 0.0174. The third kappa shape index (κ3) is 6.47. The summed E-state index contributed by atoms with van der Waals surface area (Å²) in [7, 11) is -2.75. The first kappa shape index (κ1) is 27.7. The van der Waals surface area contributed by atoms with E-state index in [0.717, 1.165) is 25.3 Å². The molecule has 0 radical (unpaired) electrons. The van der Waals surface area contributed by atoms with Crippen LogP contribution in [0.25, 0.3) is 0 Å². The lowest BCUT2D eigenvalue weighted by atomic mass is 10.1. The van der Waals surface area contributed by atoms with Crippen LogP contribution in [0.3, 0.4) is 0 Å². The summed E-state index contributed by atoms with van der Waals surface area (Å²) in [6, 6.07) is 7.26. The Balaban J connectivity index is 1.75. The van der Waals surface area contributed by atoms with Crippen molar-refractivity contribution in [3.8, 4) is 0 Å². The number of aryl methyl sites for hydroxylation is 1. The van der Waals surface area contributed by atoms with Crippen LogP contribution in [0.1, 0.15) is 33.2 Å². The van der Waals surface area contributed by atoms with Crippen molar-refractivity contribution < 1.29 is 41.9 Å². The van der Waals surface area contributed by atoms with Crippen LogP contribution in [0.5, 0.6) is 0 Å². The first-order valence-electron chi connectivity index (χ1n) is 11.0. The van der Waals surface area contributed by atoms with Gasteiger partial charge in [-0.15, -0.1) is 0 Å². The van der Waals surface area contributed by atoms with Gasteiger partial charge in [0.2, 0.25) is 10.0 Å². The Morgan fingerprint density at radius 3 is 2.30 bits per heavy atom. The van der Waals surface area contributed by atoms with Gasteiger partial charge >= 0.3 is 11.9 Å². The van der Waals surface area contributed by atoms with Gasteiger partial charge in [0, 0.05) is 30.9 Å². The molecule has 3 rings (SSSR count). The molecule has 1 atom stereocenters. The van der Waals surface area contributed by atoms with E-state index in [-0.39, 0.29) is 48.0 Å². The second-order valence-corrected chi connectivity index (χ2v) is 9.96. The van der Waals surface area contributed by atoms with E-state index in [0.29, 0.717) is 5.56 Å². The summed E-state index contributed by atoms with van der Waals surface area (Å²) in [6.07, 6.45) is -1.37. The number of benzene rings is 2. The number of ether oxygens (including phenoxy) is 3. The molecule has 1 amide bonds. The molecule has 198 valence electrons. The van der Waals surface area contributed by atoms with Gasteiger partial charge in [-0.2, -0.15) is 4.31 Å². The Hall–Kier alpha value is -3.88. The van der Waals surface area contributed by atoms with Crippen molar-refractivity contribution in [2.45, 2.75) is 24.8 Å². The summed E-state index contributed by atoms with van der Waals surface area (Å²) >= 11 is 0. The van der Waals surface area contributed by atoms with Gasteiger partial charge in [-0.05, 0) is 37.6 Å². The van der Waals surface area contributed by atoms with Crippen molar-refractivity contribution in [3.63, 3.8) is 0 Å². The molecule has 0 aromatic heterocycles. The molecule has 1 fully saturated rings. The van der Waals surface area contributed by atoms with Gasteiger partial charge < -0.3 is 19.5 Å². The molecular weight excluding hydrogens is 510 g/mol. The number of nitrogens with zero attached hydrogens (tertiary/aromatic N) is 2. The quantitative estimate of drug-likeness (QED) is 0.299. The second kappa shape index (κ2) is 11.5. The van der Waals surface area contributed by atoms with E-state index in [4.69, 9.17) is 9.47 Å². The summed E-state index contributed by atoms with van der Waals surface area (Å²) in [6.45, 7) is 3.88. The number of hydrogen-bond donors (Lipinski definition) is 1. The van der Waals surface area contributed by atoms with E-state index < -0.39 is 44.6 Å². The Morgan fingerprint density at radius 2 is 1.70 bits per heavy atom. The molecule has 0 bridgehead atoms. The van der Waals surface area contributed by atoms with Crippen LogP contribution in [0, 0.1) is 17.0 Å². The van der Waals surface area contributed by atoms with Crippen LogP contribution in [-0.4, -0.2) is 75.0 Å². The number of nitro benzene ring substituents is 1. The second-order valence-electron chi connectivity index (χ2n) is 8.05. The maximum Gasteiger partial charge on any atom is 0.339 e. The predicted octanol–water partition coefficient (Wildman–Crippen LogP) is 1.89. The van der Waals surface area contributed by atoms with Crippen LogP contribution in [0.15, 0.2) is 41.3 Å². The number of methoxy groups -OCH3 is 1. The fourth-order valence-corrected chi connectivity index (χ4v) is 5.14. The molecule has 0 saturated carbocycles. The van der Waals surface area contributed by atoms with Crippen molar-refractivity contribution in [2.24, 2.45) is 0 Å². The molecule has 0 spiro atoms. The van der Waals surface area contributed by atoms with Gasteiger partial charge in [0.05, 0.1) is 41.3 Å². The first-order valence-corrected chi connectivity index (χ1v) is 12.5. The first-order chi connectivity index (χ1) is 17.4. The predicted molar refractivity (Wildman–Crippen MR) is 129 cm³/mol. The highest BCUT2D eigenvalue weighted by atomic mass is 32.2. The summed E-state index contributed by atoms with van der Waals surface area (Å²) in [5, 5.41) is 13.7. The Bertz CT molecular complexity index is 1340. The molecule has 1 saturated heterocycles. The van der Waals surface area contributed by atoms with Gasteiger partial charge in [-0.25, -0.2) is 18.0 Å². The zero-order chi connectivity index (χ0) is 27.3. The smallest absolute Gasteiger partial charge is 0.339 e. The fourth-order valence-electron chi connectivity index (χ4n) is 3.48. The van der Waals surface area contributed by atoms with Gasteiger partial charge in [-0.1, -0.05) is 6.07 Å². The van der Waals surface area contributed by atoms with Crippen molar-refractivity contribution in [3.05, 3.63) is 63.2 Å². The van der Waals surface area contributed by atoms with Crippen LogP contribution in [-0.2, 0) is 29.0 Å². The molecule has 1 aliphatic heterocycles. The number of non-ortho nitro benzene ring substituents is 1. The van der Waals surface area contributed by atoms with Crippen LogP contribution < -0.4 is 5.32 Å². The average Bonchev–Trinajstić information content (AvgIpc) is 2.89. The lowest BCUT2D eigenvalue weighted by Crippen LogP contribution is -2.40. The maximum atomic E-state index is 13.1. The van der Waals surface area contributed by atoms with E-state index in [9.17, 15) is 32.9 Å². The molecular formula is C23H25N3O10S. The van der Waals surface area contributed by atoms with Gasteiger partial charge in [0.25, 0.3) is 11.6 Å². The van der Waals surface area contributed by atoms with E-state index in [1.807, 2.05) is 0 Å². The van der Waals surface area contributed by atoms with E-state index >= 15 is 0 Å². The third-order valence-corrected chi connectivity index (χ3v) is 7.52. The average molecular weight is 536 g/mol. The number of carbonyl (C=O) groups excluding carboxylic acids is 3. The molecule has 14 heteroatoms. The molecule has 1 N–H and O–H groups in total. The lowest BCUT2D eigenvalue weighted by molar-refractivity contribution is -0.384. The lowest BCUT2D eigenvalue weighted by Gasteiger charge is -2.27. The maximum absolute atomic E-state index is 13.1. The molecule has 0 aliphatic carbocycles. The Kier molecular flexibility index (Phi) is 8.57. The Labute approximate surface area is 212 Å². The molecule has 1 unspecified atom stereocenters. The molecule has 13 nitrogen and oxygen atoms in total. The van der Waals surface area contributed by atoms with Crippen molar-refractivity contribution >= 4 is 39.2 Å². The van der Waals surface area contributed by atoms with Crippen molar-refractivity contribution in [2.75, 3.05) is 38.7 Å². The fraction of sp³-hybridized carbons (Fsp3) is 0.348. The molecule has 2 aromatic rings. The highest BCUT2D eigenvalue weighted by Crippen LogP contribution is 2.25.